The van der Waals surface area contributed by atoms with E-state index in [0.717, 1.165) is 5.56 Å². The van der Waals surface area contributed by atoms with Crippen LogP contribution in [0.1, 0.15) is 12.0 Å². The van der Waals surface area contributed by atoms with Gasteiger partial charge < -0.3 is 4.90 Å². The smallest absolute Gasteiger partial charge is 0.232 e. The minimum Gasteiger partial charge on any atom is -0.311 e. The maximum Gasteiger partial charge on any atom is 0.232 e. The number of hydrogen-bond acceptors (Lipinski definition) is 3. The third-order valence-electron chi connectivity index (χ3n) is 3.10. The van der Waals surface area contributed by atoms with Gasteiger partial charge >= 0.3 is 0 Å². The van der Waals surface area contributed by atoms with Crippen LogP contribution in [-0.2, 0) is 13.8 Å². The van der Waals surface area contributed by atoms with Gasteiger partial charge in [0, 0.05) is 29.6 Å². The van der Waals surface area contributed by atoms with E-state index in [-0.39, 0.29) is 24.0 Å². The van der Waals surface area contributed by atoms with E-state index in [2.05, 4.69) is 0 Å². The average molecular weight is 322 g/mol. The van der Waals surface area contributed by atoms with Gasteiger partial charge in [-0.2, -0.15) is 0 Å². The van der Waals surface area contributed by atoms with Gasteiger partial charge in [0.15, 0.2) is 0 Å². The Morgan fingerprint density at radius 1 is 1.42 bits per heavy atom. The van der Waals surface area contributed by atoms with Gasteiger partial charge in [0.1, 0.15) is 0 Å². The van der Waals surface area contributed by atoms with Crippen LogP contribution in [0.25, 0.3) is 0 Å². The molecule has 0 aliphatic carbocycles. The van der Waals surface area contributed by atoms with Crippen molar-refractivity contribution in [2.24, 2.45) is 5.92 Å². The molecule has 2 rings (SSSR count). The third-order valence-corrected chi connectivity index (χ3v) is 4.84. The lowest BCUT2D eigenvalue weighted by molar-refractivity contribution is -0.117. The van der Waals surface area contributed by atoms with Gasteiger partial charge in [-0.15, -0.1) is 0 Å². The van der Waals surface area contributed by atoms with Crippen molar-refractivity contribution in [1.82, 2.24) is 0 Å². The molecule has 0 spiro atoms. The van der Waals surface area contributed by atoms with Gasteiger partial charge in [0.2, 0.25) is 15.0 Å². The van der Waals surface area contributed by atoms with Gasteiger partial charge in [-0.25, -0.2) is 8.42 Å². The SMILES string of the molecule is Cc1cccc(N2CC(CS(=O)(=O)Cl)CC2=O)c1Cl. The minimum absolute atomic E-state index is 0.127. The topological polar surface area (TPSA) is 54.5 Å². The zero-order valence-electron chi connectivity index (χ0n) is 10.3. The van der Waals surface area contributed by atoms with Crippen LogP contribution in [-0.4, -0.2) is 26.6 Å². The second kappa shape index (κ2) is 5.31. The highest BCUT2D eigenvalue weighted by atomic mass is 35.7. The number of rotatable bonds is 3. The first-order valence-corrected chi connectivity index (χ1v) is 8.61. The Hall–Kier alpha value is -0.780. The summed E-state index contributed by atoms with van der Waals surface area (Å²) in [6.45, 7) is 2.18. The zero-order chi connectivity index (χ0) is 14.2. The molecule has 1 aromatic rings. The molecule has 0 saturated carbocycles. The number of nitrogens with zero attached hydrogens (tertiary/aromatic N) is 1. The summed E-state index contributed by atoms with van der Waals surface area (Å²) in [5, 5.41) is 0.519. The van der Waals surface area contributed by atoms with E-state index in [4.69, 9.17) is 22.3 Å². The molecule has 1 aromatic carbocycles. The minimum atomic E-state index is -3.59. The summed E-state index contributed by atoms with van der Waals surface area (Å²) < 4.78 is 22.1. The summed E-state index contributed by atoms with van der Waals surface area (Å²) >= 11 is 6.18. The summed E-state index contributed by atoms with van der Waals surface area (Å²) in [5.41, 5.74) is 1.50. The van der Waals surface area contributed by atoms with Crippen LogP contribution >= 0.6 is 22.3 Å². The molecule has 104 valence electrons. The van der Waals surface area contributed by atoms with Crippen molar-refractivity contribution in [1.29, 1.82) is 0 Å². The molecule has 19 heavy (non-hydrogen) atoms. The van der Waals surface area contributed by atoms with Crippen molar-refractivity contribution < 1.29 is 13.2 Å². The van der Waals surface area contributed by atoms with Gasteiger partial charge in [-0.1, -0.05) is 23.7 Å². The van der Waals surface area contributed by atoms with Crippen LogP contribution in [0.15, 0.2) is 18.2 Å². The van der Waals surface area contributed by atoms with Gasteiger partial charge in [0.25, 0.3) is 0 Å². The fourth-order valence-corrected chi connectivity index (χ4v) is 3.80. The number of halogens is 2. The number of aryl methyl sites for hydroxylation is 1. The molecule has 0 bridgehead atoms. The molecule has 0 N–H and O–H groups in total. The maximum absolute atomic E-state index is 12.0. The fourth-order valence-electron chi connectivity index (χ4n) is 2.25. The molecule has 0 aromatic heterocycles. The standard InChI is InChI=1S/C12H13Cl2NO3S/c1-8-3-2-4-10(12(8)13)15-6-9(5-11(15)16)7-19(14,17)18/h2-4,9H,5-7H2,1H3. The van der Waals surface area contributed by atoms with E-state index in [1.807, 2.05) is 19.1 Å². The average Bonchev–Trinajstić information content (AvgIpc) is 2.61. The number of carbonyl (C=O) groups excluding carboxylic acids is 1. The molecule has 1 saturated heterocycles. The van der Waals surface area contributed by atoms with Gasteiger partial charge in [0.05, 0.1) is 16.5 Å². The number of benzene rings is 1. The summed E-state index contributed by atoms with van der Waals surface area (Å²) in [6, 6.07) is 5.42. The van der Waals surface area contributed by atoms with Crippen LogP contribution < -0.4 is 4.90 Å². The molecule has 1 heterocycles. The normalized spacial score (nSPS) is 20.1. The van der Waals surface area contributed by atoms with Gasteiger partial charge in [-0.3, -0.25) is 4.79 Å². The largest absolute Gasteiger partial charge is 0.311 e. The van der Waals surface area contributed by atoms with E-state index < -0.39 is 9.05 Å². The maximum atomic E-state index is 12.0. The highest BCUT2D eigenvalue weighted by Crippen LogP contribution is 2.33. The zero-order valence-corrected chi connectivity index (χ0v) is 12.6. The number of anilines is 1. The number of hydrogen-bond donors (Lipinski definition) is 0. The van der Waals surface area contributed by atoms with Crippen molar-refractivity contribution in [2.75, 3.05) is 17.2 Å². The van der Waals surface area contributed by atoms with Crippen molar-refractivity contribution in [3.8, 4) is 0 Å². The number of carbonyl (C=O) groups is 1. The quantitative estimate of drug-likeness (QED) is 0.804. The Morgan fingerprint density at radius 2 is 2.11 bits per heavy atom. The Morgan fingerprint density at radius 3 is 2.74 bits per heavy atom. The third kappa shape index (κ3) is 3.41. The molecule has 1 aliphatic rings. The monoisotopic (exact) mass is 321 g/mol. The van der Waals surface area contributed by atoms with Crippen molar-refractivity contribution in [2.45, 2.75) is 13.3 Å². The second-order valence-corrected chi connectivity index (χ2v) is 7.89. The van der Waals surface area contributed by atoms with Crippen LogP contribution in [0.2, 0.25) is 5.02 Å². The number of amides is 1. The predicted octanol–water partition coefficient (Wildman–Crippen LogP) is 2.57. The van der Waals surface area contributed by atoms with Crippen LogP contribution in [0.4, 0.5) is 5.69 Å². The first kappa shape index (κ1) is 14.6. The van der Waals surface area contributed by atoms with Crippen LogP contribution in [0.3, 0.4) is 0 Å². The molecule has 4 nitrogen and oxygen atoms in total. The second-order valence-electron chi connectivity index (χ2n) is 4.69. The van der Waals surface area contributed by atoms with Crippen LogP contribution in [0, 0.1) is 12.8 Å². The lowest BCUT2D eigenvalue weighted by atomic mass is 10.1. The molecule has 1 unspecified atom stereocenters. The molecule has 1 atom stereocenters. The first-order valence-electron chi connectivity index (χ1n) is 5.76. The lowest BCUT2D eigenvalue weighted by Crippen LogP contribution is -2.25. The van der Waals surface area contributed by atoms with E-state index in [0.29, 0.717) is 17.3 Å². The molecule has 1 aliphatic heterocycles. The van der Waals surface area contributed by atoms with Crippen molar-refractivity contribution in [3.05, 3.63) is 28.8 Å². The van der Waals surface area contributed by atoms with Gasteiger partial charge in [-0.05, 0) is 18.6 Å². The summed E-state index contributed by atoms with van der Waals surface area (Å²) in [7, 11) is 1.63. The summed E-state index contributed by atoms with van der Waals surface area (Å²) in [6.07, 6.45) is 0.177. The lowest BCUT2D eigenvalue weighted by Gasteiger charge is -2.19. The van der Waals surface area contributed by atoms with E-state index in [1.54, 1.807) is 6.07 Å². The van der Waals surface area contributed by atoms with E-state index in [9.17, 15) is 13.2 Å². The molecule has 1 amide bonds. The molecule has 0 radical (unpaired) electrons. The molecular weight excluding hydrogens is 309 g/mol. The molecule has 1 fully saturated rings. The Labute approximate surface area is 121 Å². The Bertz CT molecular complexity index is 615. The van der Waals surface area contributed by atoms with Crippen molar-refractivity contribution >= 4 is 42.9 Å². The highest BCUT2D eigenvalue weighted by Gasteiger charge is 2.34. The fraction of sp³-hybridized carbons (Fsp3) is 0.417. The van der Waals surface area contributed by atoms with Crippen molar-refractivity contribution in [3.63, 3.8) is 0 Å². The Kier molecular flexibility index (Phi) is 4.08. The summed E-state index contributed by atoms with van der Waals surface area (Å²) in [4.78, 5) is 13.5. The summed E-state index contributed by atoms with van der Waals surface area (Å²) in [5.74, 6) is -0.607. The Balaban J connectivity index is 2.23. The van der Waals surface area contributed by atoms with Crippen LogP contribution in [0.5, 0.6) is 0 Å². The highest BCUT2D eigenvalue weighted by molar-refractivity contribution is 8.13. The predicted molar refractivity (Wildman–Crippen MR) is 76.3 cm³/mol. The van der Waals surface area contributed by atoms with E-state index >= 15 is 0 Å². The first-order chi connectivity index (χ1) is 8.78. The van der Waals surface area contributed by atoms with E-state index in [1.165, 1.54) is 4.90 Å². The molecule has 7 heteroatoms. The molecular formula is C12H13Cl2NO3S.